The molecule has 29 heavy (non-hydrogen) atoms. The standard InChI is InChI=1S/C26H30N2O/c1-3-17-6-10-19(11-7-17)21-13-23-22-12-20(18-8-4-16(2)5-9-18)14-27-24(22)26(29)25(23)28-15-21/h4-12,15,21-27,29H,3,13-14H2,1-2H3. The first kappa shape index (κ1) is 18.8. The van der Waals surface area contributed by atoms with E-state index in [1.54, 1.807) is 0 Å². The fraction of sp³-hybridized carbons (Fsp3) is 0.423. The van der Waals surface area contributed by atoms with Crippen molar-refractivity contribution in [1.29, 1.82) is 0 Å². The molecule has 3 nitrogen and oxygen atoms in total. The lowest BCUT2D eigenvalue weighted by atomic mass is 9.78. The third-order valence-corrected chi connectivity index (χ3v) is 7.19. The molecule has 0 spiro atoms. The summed E-state index contributed by atoms with van der Waals surface area (Å²) >= 11 is 0. The third-order valence-electron chi connectivity index (χ3n) is 7.19. The monoisotopic (exact) mass is 386 g/mol. The largest absolute Gasteiger partial charge is 0.389 e. The van der Waals surface area contributed by atoms with Crippen LogP contribution in [0.15, 0.2) is 59.6 Å². The van der Waals surface area contributed by atoms with Crippen molar-refractivity contribution >= 4 is 11.8 Å². The average molecular weight is 387 g/mol. The highest BCUT2D eigenvalue weighted by atomic mass is 16.3. The number of aliphatic hydroxyl groups is 1. The Kier molecular flexibility index (Phi) is 4.89. The van der Waals surface area contributed by atoms with Gasteiger partial charge in [0, 0.05) is 30.6 Å². The van der Waals surface area contributed by atoms with Gasteiger partial charge >= 0.3 is 0 Å². The van der Waals surface area contributed by atoms with Crippen LogP contribution >= 0.6 is 0 Å². The maximum Gasteiger partial charge on any atom is 0.0924 e. The van der Waals surface area contributed by atoms with E-state index in [0.29, 0.717) is 17.8 Å². The van der Waals surface area contributed by atoms with Crippen LogP contribution in [0.4, 0.5) is 0 Å². The van der Waals surface area contributed by atoms with Crippen molar-refractivity contribution in [3.05, 3.63) is 76.9 Å². The molecule has 0 saturated heterocycles. The molecule has 2 aliphatic heterocycles. The molecule has 3 heteroatoms. The van der Waals surface area contributed by atoms with Gasteiger partial charge in [0.25, 0.3) is 0 Å². The summed E-state index contributed by atoms with van der Waals surface area (Å²) in [5.41, 5.74) is 6.63. The minimum absolute atomic E-state index is 0.0114. The number of aryl methyl sites for hydroxylation is 2. The molecule has 0 radical (unpaired) electrons. The van der Waals surface area contributed by atoms with Gasteiger partial charge < -0.3 is 10.4 Å². The Morgan fingerprint density at radius 3 is 2.55 bits per heavy atom. The number of benzene rings is 2. The summed E-state index contributed by atoms with van der Waals surface area (Å²) in [4.78, 5) is 4.86. The first-order valence-corrected chi connectivity index (χ1v) is 11.0. The van der Waals surface area contributed by atoms with Crippen LogP contribution in [0.1, 0.15) is 41.5 Å². The number of aliphatic hydroxyl groups excluding tert-OH is 1. The molecule has 1 aliphatic carbocycles. The second kappa shape index (κ2) is 7.55. The molecule has 0 bridgehead atoms. The molecule has 2 N–H and O–H groups in total. The number of hydrogen-bond acceptors (Lipinski definition) is 3. The second-order valence-corrected chi connectivity index (χ2v) is 8.92. The summed E-state index contributed by atoms with van der Waals surface area (Å²) in [7, 11) is 0. The molecule has 2 heterocycles. The quantitative estimate of drug-likeness (QED) is 0.832. The Labute approximate surface area is 173 Å². The van der Waals surface area contributed by atoms with E-state index < -0.39 is 6.10 Å². The molecule has 6 unspecified atom stereocenters. The molecule has 6 atom stereocenters. The number of rotatable bonds is 3. The Bertz CT molecular complexity index is 928. The lowest BCUT2D eigenvalue weighted by Crippen LogP contribution is -2.45. The minimum atomic E-state index is -0.402. The van der Waals surface area contributed by atoms with Crippen LogP contribution in [0, 0.1) is 18.8 Å². The molecular weight excluding hydrogens is 356 g/mol. The van der Waals surface area contributed by atoms with Crippen LogP contribution in [0.25, 0.3) is 5.57 Å². The number of nitrogens with one attached hydrogen (secondary N) is 1. The van der Waals surface area contributed by atoms with Gasteiger partial charge in [-0.15, -0.1) is 0 Å². The predicted molar refractivity (Wildman–Crippen MR) is 119 cm³/mol. The highest BCUT2D eigenvalue weighted by Gasteiger charge is 2.51. The zero-order valence-electron chi connectivity index (χ0n) is 17.3. The van der Waals surface area contributed by atoms with Crippen LogP contribution in [0.2, 0.25) is 0 Å². The molecule has 1 saturated carbocycles. The predicted octanol–water partition coefficient (Wildman–Crippen LogP) is 4.15. The van der Waals surface area contributed by atoms with E-state index in [2.05, 4.69) is 80.0 Å². The van der Waals surface area contributed by atoms with Crippen LogP contribution in [-0.2, 0) is 6.42 Å². The lowest BCUT2D eigenvalue weighted by molar-refractivity contribution is 0.127. The summed E-state index contributed by atoms with van der Waals surface area (Å²) < 4.78 is 0. The van der Waals surface area contributed by atoms with Gasteiger partial charge in [-0.25, -0.2) is 0 Å². The van der Waals surface area contributed by atoms with Crippen molar-refractivity contribution in [2.45, 2.75) is 50.8 Å². The molecule has 2 aromatic rings. The molecule has 2 aromatic carbocycles. The molecule has 0 amide bonds. The molecule has 3 aliphatic rings. The van der Waals surface area contributed by atoms with Crippen molar-refractivity contribution in [1.82, 2.24) is 5.32 Å². The average Bonchev–Trinajstić information content (AvgIpc) is 3.05. The van der Waals surface area contributed by atoms with Crippen molar-refractivity contribution < 1.29 is 5.11 Å². The van der Waals surface area contributed by atoms with Crippen LogP contribution in [0.3, 0.4) is 0 Å². The van der Waals surface area contributed by atoms with Crippen LogP contribution in [-0.4, -0.2) is 36.1 Å². The fourth-order valence-corrected chi connectivity index (χ4v) is 5.43. The van der Waals surface area contributed by atoms with E-state index in [1.165, 1.54) is 27.8 Å². The topological polar surface area (TPSA) is 44.6 Å². The number of nitrogens with zero attached hydrogens (tertiary/aromatic N) is 1. The Morgan fingerprint density at radius 2 is 1.83 bits per heavy atom. The molecule has 150 valence electrons. The maximum absolute atomic E-state index is 10.9. The van der Waals surface area contributed by atoms with Gasteiger partial charge in [-0.3, -0.25) is 4.99 Å². The Hall–Kier alpha value is -2.23. The van der Waals surface area contributed by atoms with Crippen molar-refractivity contribution in [2.24, 2.45) is 16.8 Å². The van der Waals surface area contributed by atoms with Gasteiger partial charge in [0.15, 0.2) is 0 Å². The lowest BCUT2D eigenvalue weighted by Gasteiger charge is -2.32. The molecule has 5 rings (SSSR count). The van der Waals surface area contributed by atoms with Gasteiger partial charge in [0.1, 0.15) is 0 Å². The number of aliphatic imine (C=N–C) groups is 1. The van der Waals surface area contributed by atoms with Gasteiger partial charge in [-0.1, -0.05) is 67.1 Å². The highest BCUT2D eigenvalue weighted by molar-refractivity contribution is 5.71. The Morgan fingerprint density at radius 1 is 1.07 bits per heavy atom. The summed E-state index contributed by atoms with van der Waals surface area (Å²) in [5.74, 6) is 1.05. The van der Waals surface area contributed by atoms with Gasteiger partial charge in [0.05, 0.1) is 12.1 Å². The first-order chi connectivity index (χ1) is 14.1. The molecular formula is C26H30N2O. The van der Waals surface area contributed by atoms with Gasteiger partial charge in [-0.2, -0.15) is 0 Å². The fourth-order valence-electron chi connectivity index (χ4n) is 5.43. The second-order valence-electron chi connectivity index (χ2n) is 8.92. The first-order valence-electron chi connectivity index (χ1n) is 11.0. The SMILES string of the molecule is CCc1ccc(C2C=NC3C(O)C4NCC(c5ccc(C)cc5)=CC4C3C2)cc1. The van der Waals surface area contributed by atoms with E-state index in [1.807, 2.05) is 0 Å². The van der Waals surface area contributed by atoms with Crippen LogP contribution in [0.5, 0.6) is 0 Å². The zero-order valence-corrected chi connectivity index (χ0v) is 17.3. The smallest absolute Gasteiger partial charge is 0.0924 e. The van der Waals surface area contributed by atoms with E-state index in [0.717, 1.165) is 19.4 Å². The van der Waals surface area contributed by atoms with Crippen molar-refractivity contribution in [3.8, 4) is 0 Å². The minimum Gasteiger partial charge on any atom is -0.389 e. The summed E-state index contributed by atoms with van der Waals surface area (Å²) in [5, 5.41) is 14.6. The Balaban J connectivity index is 1.42. The van der Waals surface area contributed by atoms with Crippen molar-refractivity contribution in [2.75, 3.05) is 6.54 Å². The molecule has 0 aromatic heterocycles. The van der Waals surface area contributed by atoms with E-state index in [-0.39, 0.29) is 12.1 Å². The summed E-state index contributed by atoms with van der Waals surface area (Å²) in [6.07, 6.45) is 6.24. The number of fused-ring (bicyclic) bond motifs is 3. The highest BCUT2D eigenvalue weighted by Crippen LogP contribution is 2.46. The normalized spacial score (nSPS) is 33.1. The summed E-state index contributed by atoms with van der Waals surface area (Å²) in [6.45, 7) is 5.13. The summed E-state index contributed by atoms with van der Waals surface area (Å²) in [6, 6.07) is 17.9. The van der Waals surface area contributed by atoms with E-state index in [9.17, 15) is 5.11 Å². The molecule has 1 fully saturated rings. The van der Waals surface area contributed by atoms with E-state index >= 15 is 0 Å². The van der Waals surface area contributed by atoms with Crippen LogP contribution < -0.4 is 5.32 Å². The third kappa shape index (κ3) is 3.37. The van der Waals surface area contributed by atoms with Gasteiger partial charge in [0.2, 0.25) is 0 Å². The van der Waals surface area contributed by atoms with Gasteiger partial charge in [-0.05, 0) is 47.9 Å². The zero-order chi connectivity index (χ0) is 20.0. The maximum atomic E-state index is 10.9. The van der Waals surface area contributed by atoms with E-state index in [4.69, 9.17) is 4.99 Å². The van der Waals surface area contributed by atoms with Crippen molar-refractivity contribution in [3.63, 3.8) is 0 Å². The number of hydrogen-bond donors (Lipinski definition) is 2.